The van der Waals surface area contributed by atoms with Crippen LogP contribution in [-0.4, -0.2) is 12.6 Å². The lowest BCUT2D eigenvalue weighted by Gasteiger charge is -2.35. The number of hydrogen-bond donors (Lipinski definition) is 1. The van der Waals surface area contributed by atoms with Gasteiger partial charge >= 0.3 is 0 Å². The molecule has 1 aliphatic rings. The Kier molecular flexibility index (Phi) is 4.39. The van der Waals surface area contributed by atoms with Crippen molar-refractivity contribution < 1.29 is 0 Å². The molecule has 1 N–H and O–H groups in total. The summed E-state index contributed by atoms with van der Waals surface area (Å²) in [5.41, 5.74) is 2.03. The first-order chi connectivity index (χ1) is 6.94. The highest BCUT2D eigenvalue weighted by molar-refractivity contribution is 5.05. The quantitative estimate of drug-likeness (QED) is 0.698. The molecule has 1 rings (SSSR count). The van der Waals surface area contributed by atoms with Crippen molar-refractivity contribution in [3.8, 4) is 0 Å². The van der Waals surface area contributed by atoms with E-state index in [-0.39, 0.29) is 0 Å². The Morgan fingerprint density at radius 3 is 2.80 bits per heavy atom. The molecule has 0 fully saturated rings. The van der Waals surface area contributed by atoms with Crippen molar-refractivity contribution >= 4 is 0 Å². The number of hydrogen-bond acceptors (Lipinski definition) is 1. The minimum atomic E-state index is 0.446. The summed E-state index contributed by atoms with van der Waals surface area (Å²) < 4.78 is 0. The summed E-state index contributed by atoms with van der Waals surface area (Å²) in [5.74, 6) is 0.817. The van der Waals surface area contributed by atoms with Crippen molar-refractivity contribution in [1.29, 1.82) is 0 Å². The molecular formula is C14H27N. The van der Waals surface area contributed by atoms with Crippen LogP contribution < -0.4 is 5.32 Å². The van der Waals surface area contributed by atoms with Crippen molar-refractivity contribution in [3.05, 3.63) is 11.6 Å². The molecule has 0 radical (unpaired) electrons. The molecule has 1 heteroatoms. The maximum Gasteiger partial charge on any atom is 0.00131 e. The Bertz CT molecular complexity index is 229. The molecule has 1 aliphatic carbocycles. The molecule has 0 heterocycles. The Balaban J connectivity index is 2.62. The summed E-state index contributed by atoms with van der Waals surface area (Å²) in [6.45, 7) is 12.7. The molecule has 0 aliphatic heterocycles. The largest absolute Gasteiger partial charge is 0.314 e. The molecule has 0 amide bonds. The van der Waals surface area contributed by atoms with Crippen LogP contribution in [0.5, 0.6) is 0 Å². The zero-order valence-electron chi connectivity index (χ0n) is 11.1. The molecule has 0 saturated heterocycles. The highest BCUT2D eigenvalue weighted by atomic mass is 14.9. The lowest BCUT2D eigenvalue weighted by Crippen LogP contribution is -2.39. The monoisotopic (exact) mass is 209 g/mol. The van der Waals surface area contributed by atoms with Crippen LogP contribution in [-0.2, 0) is 0 Å². The van der Waals surface area contributed by atoms with E-state index in [4.69, 9.17) is 0 Å². The van der Waals surface area contributed by atoms with Crippen LogP contribution in [0.4, 0.5) is 0 Å². The van der Waals surface area contributed by atoms with Crippen molar-refractivity contribution in [2.24, 2.45) is 11.3 Å². The molecule has 0 aromatic rings. The van der Waals surface area contributed by atoms with Gasteiger partial charge in [0.25, 0.3) is 0 Å². The average Bonchev–Trinajstić information content (AvgIpc) is 2.30. The molecule has 0 spiro atoms. The van der Waals surface area contributed by atoms with Crippen LogP contribution in [0.3, 0.4) is 0 Å². The van der Waals surface area contributed by atoms with E-state index in [0.29, 0.717) is 11.5 Å². The van der Waals surface area contributed by atoms with E-state index in [9.17, 15) is 0 Å². The van der Waals surface area contributed by atoms with E-state index in [2.05, 4.69) is 46.0 Å². The predicted octanol–water partition coefficient (Wildman–Crippen LogP) is 3.76. The van der Waals surface area contributed by atoms with Gasteiger partial charge in [-0.25, -0.2) is 0 Å². The molecule has 1 nitrogen and oxygen atoms in total. The molecule has 15 heavy (non-hydrogen) atoms. The zero-order chi connectivity index (χ0) is 11.5. The highest BCUT2D eigenvalue weighted by Crippen LogP contribution is 2.38. The molecule has 0 saturated carbocycles. The van der Waals surface area contributed by atoms with Gasteiger partial charge in [0.05, 0.1) is 0 Å². The van der Waals surface area contributed by atoms with E-state index in [1.165, 1.54) is 19.3 Å². The number of nitrogens with one attached hydrogen (secondary N) is 1. The van der Waals surface area contributed by atoms with Gasteiger partial charge in [-0.15, -0.1) is 0 Å². The van der Waals surface area contributed by atoms with Crippen molar-refractivity contribution in [1.82, 2.24) is 5.32 Å². The number of rotatable bonds is 3. The maximum absolute atomic E-state index is 3.60. The Hall–Kier alpha value is -0.300. The van der Waals surface area contributed by atoms with Crippen LogP contribution in [0, 0.1) is 11.3 Å². The van der Waals surface area contributed by atoms with Gasteiger partial charge in [-0.2, -0.15) is 0 Å². The van der Waals surface area contributed by atoms with Gasteiger partial charge in [-0.3, -0.25) is 0 Å². The molecule has 0 aromatic heterocycles. The SMILES string of the molecule is CC1=CCC(C)(CNC(C)C)C(C)CC1. The summed E-state index contributed by atoms with van der Waals surface area (Å²) >= 11 is 0. The second-order valence-electron chi connectivity index (χ2n) is 5.88. The van der Waals surface area contributed by atoms with E-state index in [1.54, 1.807) is 5.57 Å². The summed E-state index contributed by atoms with van der Waals surface area (Å²) in [5, 5.41) is 3.60. The first-order valence-corrected chi connectivity index (χ1v) is 6.33. The van der Waals surface area contributed by atoms with Crippen molar-refractivity contribution in [2.45, 2.75) is 59.9 Å². The van der Waals surface area contributed by atoms with Gasteiger partial charge in [-0.05, 0) is 37.5 Å². The Morgan fingerprint density at radius 1 is 1.53 bits per heavy atom. The van der Waals surface area contributed by atoms with Gasteiger partial charge in [0.2, 0.25) is 0 Å². The molecule has 0 aromatic carbocycles. The lowest BCUT2D eigenvalue weighted by atomic mass is 9.74. The average molecular weight is 209 g/mol. The number of allylic oxidation sites excluding steroid dienone is 2. The Labute approximate surface area is 95.3 Å². The van der Waals surface area contributed by atoms with Crippen molar-refractivity contribution in [3.63, 3.8) is 0 Å². The molecule has 0 bridgehead atoms. The van der Waals surface area contributed by atoms with Gasteiger partial charge in [-0.1, -0.05) is 39.3 Å². The fourth-order valence-corrected chi connectivity index (χ4v) is 2.19. The van der Waals surface area contributed by atoms with Crippen LogP contribution >= 0.6 is 0 Å². The van der Waals surface area contributed by atoms with Gasteiger partial charge in [0.1, 0.15) is 0 Å². The summed E-state index contributed by atoms with van der Waals surface area (Å²) in [4.78, 5) is 0. The first kappa shape index (κ1) is 12.8. The zero-order valence-corrected chi connectivity index (χ0v) is 11.1. The van der Waals surface area contributed by atoms with Gasteiger partial charge in [0, 0.05) is 12.6 Å². The highest BCUT2D eigenvalue weighted by Gasteiger charge is 2.31. The van der Waals surface area contributed by atoms with E-state index in [1.807, 2.05) is 0 Å². The third-order valence-corrected chi connectivity index (χ3v) is 3.99. The third kappa shape index (κ3) is 3.64. The van der Waals surface area contributed by atoms with Gasteiger partial charge in [0.15, 0.2) is 0 Å². The fraction of sp³-hybridized carbons (Fsp3) is 0.857. The molecule has 2 unspecified atom stereocenters. The normalized spacial score (nSPS) is 32.7. The second kappa shape index (κ2) is 5.16. The van der Waals surface area contributed by atoms with E-state index >= 15 is 0 Å². The standard InChI is InChI=1S/C14H27N/c1-11(2)15-10-14(5)9-8-12(3)6-7-13(14)4/h8,11,13,15H,6-7,9-10H2,1-5H3. The fourth-order valence-electron chi connectivity index (χ4n) is 2.19. The maximum atomic E-state index is 3.60. The smallest absolute Gasteiger partial charge is 0.00131 e. The summed E-state index contributed by atoms with van der Waals surface area (Å²) in [6.07, 6.45) is 6.32. The lowest BCUT2D eigenvalue weighted by molar-refractivity contribution is 0.187. The van der Waals surface area contributed by atoms with Crippen LogP contribution in [0.2, 0.25) is 0 Å². The summed E-state index contributed by atoms with van der Waals surface area (Å²) in [7, 11) is 0. The Morgan fingerprint density at radius 2 is 2.20 bits per heavy atom. The minimum absolute atomic E-state index is 0.446. The van der Waals surface area contributed by atoms with Gasteiger partial charge < -0.3 is 5.32 Å². The van der Waals surface area contributed by atoms with Crippen LogP contribution in [0.25, 0.3) is 0 Å². The molecular weight excluding hydrogens is 182 g/mol. The van der Waals surface area contributed by atoms with E-state index in [0.717, 1.165) is 12.5 Å². The van der Waals surface area contributed by atoms with Crippen LogP contribution in [0.15, 0.2) is 11.6 Å². The predicted molar refractivity (Wildman–Crippen MR) is 68.0 cm³/mol. The molecule has 88 valence electrons. The minimum Gasteiger partial charge on any atom is -0.314 e. The topological polar surface area (TPSA) is 12.0 Å². The first-order valence-electron chi connectivity index (χ1n) is 6.33. The molecule has 2 atom stereocenters. The van der Waals surface area contributed by atoms with E-state index < -0.39 is 0 Å². The third-order valence-electron chi connectivity index (χ3n) is 3.99. The second-order valence-corrected chi connectivity index (χ2v) is 5.88. The summed E-state index contributed by atoms with van der Waals surface area (Å²) in [6, 6.07) is 0.599. The van der Waals surface area contributed by atoms with Crippen LogP contribution in [0.1, 0.15) is 53.9 Å². The van der Waals surface area contributed by atoms with Crippen molar-refractivity contribution in [2.75, 3.05) is 6.54 Å².